The summed E-state index contributed by atoms with van der Waals surface area (Å²) >= 11 is 1.33. The van der Waals surface area contributed by atoms with Crippen molar-refractivity contribution in [1.82, 2.24) is 5.01 Å². The Bertz CT molecular complexity index is 1270. The first-order chi connectivity index (χ1) is 16.8. The molecule has 2 aliphatic heterocycles. The van der Waals surface area contributed by atoms with E-state index >= 15 is 0 Å². The number of amides is 1. The van der Waals surface area contributed by atoms with Gasteiger partial charge in [-0.25, -0.2) is 0 Å². The molecule has 0 bridgehead atoms. The molecule has 0 saturated carbocycles. The minimum Gasteiger partial charge on any atom is -0.493 e. The molecule has 8 nitrogen and oxygen atoms in total. The second kappa shape index (κ2) is 10.4. The molecule has 0 spiro atoms. The number of fused-ring (bicyclic) bond motifs is 1. The van der Waals surface area contributed by atoms with Crippen LogP contribution in [-0.4, -0.2) is 47.3 Å². The van der Waals surface area contributed by atoms with Gasteiger partial charge in [0.1, 0.15) is 24.0 Å². The molecule has 0 atom stereocenters. The zero-order valence-electron chi connectivity index (χ0n) is 20.4. The molecule has 1 N–H and O–H groups in total. The third-order valence-electron chi connectivity index (χ3n) is 5.40. The van der Waals surface area contributed by atoms with E-state index in [0.717, 1.165) is 21.9 Å². The van der Waals surface area contributed by atoms with Crippen molar-refractivity contribution in [2.75, 3.05) is 20.3 Å². The highest BCUT2D eigenvalue weighted by Crippen LogP contribution is 2.32. The lowest BCUT2D eigenvalue weighted by Crippen LogP contribution is -2.35. The Kier molecular flexibility index (Phi) is 7.25. The van der Waals surface area contributed by atoms with Gasteiger partial charge in [-0.3, -0.25) is 10.2 Å². The van der Waals surface area contributed by atoms with Crippen molar-refractivity contribution in [2.24, 2.45) is 16.0 Å². The molecule has 0 radical (unpaired) electrons. The lowest BCUT2D eigenvalue weighted by atomic mass is 10.1. The highest BCUT2D eigenvalue weighted by molar-refractivity contribution is 8.27. The number of carbonyl (C=O) groups excluding carboxylic acids is 1. The Balaban J connectivity index is 1.45. The zero-order chi connectivity index (χ0) is 25.1. The van der Waals surface area contributed by atoms with Gasteiger partial charge >= 0.3 is 0 Å². The van der Waals surface area contributed by atoms with E-state index in [-0.39, 0.29) is 17.3 Å². The van der Waals surface area contributed by atoms with Crippen LogP contribution in [0.3, 0.4) is 0 Å². The summed E-state index contributed by atoms with van der Waals surface area (Å²) in [6, 6.07) is 11.4. The third-order valence-corrected chi connectivity index (χ3v) is 6.61. The number of nitrogens with one attached hydrogen (secondary N) is 1. The molecule has 0 aromatic heterocycles. The van der Waals surface area contributed by atoms with E-state index in [1.807, 2.05) is 45.9 Å². The van der Waals surface area contributed by atoms with E-state index in [2.05, 4.69) is 10.1 Å². The summed E-state index contributed by atoms with van der Waals surface area (Å²) < 4.78 is 17.2. The molecule has 1 amide bonds. The molecule has 0 fully saturated rings. The number of aryl methyl sites for hydroxylation is 2. The van der Waals surface area contributed by atoms with Crippen LogP contribution in [0, 0.1) is 25.2 Å². The smallest absolute Gasteiger partial charge is 0.283 e. The molecule has 0 aliphatic carbocycles. The molecule has 0 saturated heterocycles. The Labute approximate surface area is 209 Å². The van der Waals surface area contributed by atoms with Gasteiger partial charge in [0.05, 0.1) is 12.7 Å². The van der Waals surface area contributed by atoms with Gasteiger partial charge in [-0.2, -0.15) is 15.1 Å². The van der Waals surface area contributed by atoms with Gasteiger partial charge < -0.3 is 14.2 Å². The van der Waals surface area contributed by atoms with E-state index < -0.39 is 5.91 Å². The average Bonchev–Trinajstić information content (AvgIpc) is 3.26. The standard InChI is InChI=1S/C26H28N4O4S/c1-15(2)25-29-30-23(27)19(24(31)28-26(30)35-25)13-18-8-9-20(22(14-18)32-5)33-10-11-34-21-12-16(3)6-7-17(21)4/h6-9,12-15,27H,10-11H2,1-5H3/b19-13-,27-23?. The highest BCUT2D eigenvalue weighted by Gasteiger charge is 2.36. The fourth-order valence-electron chi connectivity index (χ4n) is 3.47. The molecule has 2 aliphatic rings. The van der Waals surface area contributed by atoms with Crippen LogP contribution in [0.4, 0.5) is 0 Å². The van der Waals surface area contributed by atoms with Gasteiger partial charge in [0.2, 0.25) is 5.17 Å². The van der Waals surface area contributed by atoms with Gasteiger partial charge in [0.25, 0.3) is 5.91 Å². The van der Waals surface area contributed by atoms with Gasteiger partial charge in [-0.15, -0.1) is 0 Å². The molecule has 35 heavy (non-hydrogen) atoms. The van der Waals surface area contributed by atoms with Crippen LogP contribution < -0.4 is 14.2 Å². The molecular formula is C26H28N4O4S. The van der Waals surface area contributed by atoms with E-state index in [0.29, 0.717) is 35.4 Å². The monoisotopic (exact) mass is 492 g/mol. The van der Waals surface area contributed by atoms with E-state index in [1.165, 1.54) is 16.8 Å². The highest BCUT2D eigenvalue weighted by atomic mass is 32.2. The Morgan fingerprint density at radius 3 is 2.51 bits per heavy atom. The summed E-state index contributed by atoms with van der Waals surface area (Å²) in [6.07, 6.45) is 1.62. The fourth-order valence-corrected chi connectivity index (χ4v) is 4.36. The SMILES string of the molecule is COc1cc(/C=C2/C(=N)N3N=C(C(C)C)SC3=NC2=O)ccc1OCCOc1cc(C)ccc1C. The number of aliphatic imine (C=N–C) groups is 1. The van der Waals surface area contributed by atoms with Gasteiger partial charge in [-0.1, -0.05) is 32.0 Å². The van der Waals surface area contributed by atoms with E-state index in [4.69, 9.17) is 19.6 Å². The van der Waals surface area contributed by atoms with Crippen LogP contribution in [0.1, 0.15) is 30.5 Å². The maximum atomic E-state index is 12.6. The number of hydrogen-bond acceptors (Lipinski definition) is 7. The summed E-state index contributed by atoms with van der Waals surface area (Å²) in [4.78, 5) is 16.8. The van der Waals surface area contributed by atoms with Crippen LogP contribution >= 0.6 is 11.8 Å². The number of thioether (sulfide) groups is 1. The van der Waals surface area contributed by atoms with Crippen LogP contribution in [0.5, 0.6) is 17.2 Å². The molecule has 2 aromatic rings. The van der Waals surface area contributed by atoms with Crippen molar-refractivity contribution in [2.45, 2.75) is 27.7 Å². The predicted molar refractivity (Wildman–Crippen MR) is 140 cm³/mol. The first-order valence-corrected chi connectivity index (χ1v) is 12.1. The summed E-state index contributed by atoms with van der Waals surface area (Å²) in [5, 5.41) is 15.6. The Morgan fingerprint density at radius 2 is 1.80 bits per heavy atom. The summed E-state index contributed by atoms with van der Waals surface area (Å²) in [6.45, 7) is 8.79. The Hall–Kier alpha value is -3.59. The average molecular weight is 493 g/mol. The second-order valence-corrected chi connectivity index (χ2v) is 9.48. The number of ether oxygens (including phenoxy) is 3. The molecular weight excluding hydrogens is 464 g/mol. The maximum absolute atomic E-state index is 12.6. The first kappa shape index (κ1) is 24.5. The number of benzene rings is 2. The minimum absolute atomic E-state index is 0.00559. The molecule has 182 valence electrons. The summed E-state index contributed by atoms with van der Waals surface area (Å²) in [5.41, 5.74) is 3.07. The molecule has 2 heterocycles. The van der Waals surface area contributed by atoms with Crippen molar-refractivity contribution in [1.29, 1.82) is 5.41 Å². The lowest BCUT2D eigenvalue weighted by molar-refractivity contribution is -0.114. The third kappa shape index (κ3) is 5.40. The first-order valence-electron chi connectivity index (χ1n) is 11.3. The number of methoxy groups -OCH3 is 1. The van der Waals surface area contributed by atoms with E-state index in [1.54, 1.807) is 31.4 Å². The van der Waals surface area contributed by atoms with Crippen molar-refractivity contribution >= 4 is 39.8 Å². The van der Waals surface area contributed by atoms with E-state index in [9.17, 15) is 4.79 Å². The molecule has 4 rings (SSSR count). The van der Waals surface area contributed by atoms with Crippen LogP contribution in [0.25, 0.3) is 6.08 Å². The largest absolute Gasteiger partial charge is 0.493 e. The summed E-state index contributed by atoms with van der Waals surface area (Å²) in [7, 11) is 1.56. The molecule has 9 heteroatoms. The van der Waals surface area contributed by atoms with Crippen LogP contribution in [0.2, 0.25) is 0 Å². The number of hydrogen-bond donors (Lipinski definition) is 1. The number of hydrazone groups is 1. The fraction of sp³-hybridized carbons (Fsp3) is 0.308. The number of carbonyl (C=O) groups is 1. The van der Waals surface area contributed by atoms with Gasteiger partial charge in [0, 0.05) is 5.92 Å². The van der Waals surface area contributed by atoms with Crippen molar-refractivity contribution < 1.29 is 19.0 Å². The Morgan fingerprint density at radius 1 is 1.06 bits per heavy atom. The quantitative estimate of drug-likeness (QED) is 0.409. The summed E-state index contributed by atoms with van der Waals surface area (Å²) in [5.74, 6) is 1.65. The number of rotatable bonds is 8. The van der Waals surface area contributed by atoms with Crippen molar-refractivity contribution in [3.05, 3.63) is 58.7 Å². The van der Waals surface area contributed by atoms with Gasteiger partial charge in [-0.05, 0) is 66.6 Å². The maximum Gasteiger partial charge on any atom is 0.283 e. The second-order valence-electron chi connectivity index (χ2n) is 8.49. The van der Waals surface area contributed by atoms with Crippen molar-refractivity contribution in [3.8, 4) is 17.2 Å². The lowest BCUT2D eigenvalue weighted by Gasteiger charge is -2.20. The predicted octanol–water partition coefficient (Wildman–Crippen LogP) is 5.05. The molecule has 0 unspecified atom stereocenters. The number of amidine groups is 2. The zero-order valence-corrected chi connectivity index (χ0v) is 21.2. The van der Waals surface area contributed by atoms with Crippen LogP contribution in [-0.2, 0) is 4.79 Å². The normalized spacial score (nSPS) is 16.4. The van der Waals surface area contributed by atoms with Gasteiger partial charge in [0.15, 0.2) is 17.3 Å². The van der Waals surface area contributed by atoms with Crippen LogP contribution in [0.15, 0.2) is 52.1 Å². The van der Waals surface area contributed by atoms with Crippen molar-refractivity contribution in [3.63, 3.8) is 0 Å². The molecule has 2 aromatic carbocycles. The topological polar surface area (TPSA) is 96.6 Å². The minimum atomic E-state index is -0.461. The number of nitrogens with zero attached hydrogens (tertiary/aromatic N) is 3.